The number of benzene rings is 1. The van der Waals surface area contributed by atoms with Crippen LogP contribution in [0.5, 0.6) is 0 Å². The van der Waals surface area contributed by atoms with E-state index in [1.54, 1.807) is 0 Å². The summed E-state index contributed by atoms with van der Waals surface area (Å²) in [6, 6.07) is 5.42. The van der Waals surface area contributed by atoms with Crippen LogP contribution in [0.3, 0.4) is 0 Å². The molecule has 3 aliphatic rings. The fraction of sp³-hybridized carbons (Fsp3) is 0.458. The Labute approximate surface area is 175 Å². The van der Waals surface area contributed by atoms with Crippen molar-refractivity contribution < 1.29 is 22.7 Å². The zero-order valence-corrected chi connectivity index (χ0v) is 17.4. The van der Waals surface area contributed by atoms with E-state index < -0.39 is 23.8 Å². The van der Waals surface area contributed by atoms with Crippen LogP contribution in [-0.2, 0) is 15.7 Å². The summed E-state index contributed by atoms with van der Waals surface area (Å²) in [4.78, 5) is 14.2. The van der Waals surface area contributed by atoms with Crippen molar-refractivity contribution in [2.24, 2.45) is 0 Å². The summed E-state index contributed by atoms with van der Waals surface area (Å²) in [5, 5.41) is 0. The van der Waals surface area contributed by atoms with Crippen molar-refractivity contribution in [2.45, 2.75) is 64.4 Å². The summed E-state index contributed by atoms with van der Waals surface area (Å²) in [6.07, 6.45) is 1.57. The molecule has 4 rings (SSSR count). The fourth-order valence-corrected chi connectivity index (χ4v) is 4.28. The highest BCUT2D eigenvalue weighted by atomic mass is 19.4. The number of piperidine rings is 1. The third-order valence-corrected chi connectivity index (χ3v) is 5.57. The van der Waals surface area contributed by atoms with Crippen molar-refractivity contribution in [3.8, 4) is 11.8 Å². The van der Waals surface area contributed by atoms with Crippen LogP contribution in [-0.4, -0.2) is 35.6 Å². The summed E-state index contributed by atoms with van der Waals surface area (Å²) < 4.78 is 45.3. The molecule has 2 unspecified atom stereocenters. The Hall–Kier alpha value is -2.52. The Morgan fingerprint density at radius 3 is 2.60 bits per heavy atom. The number of carbonyl (C=O) groups is 1. The highest BCUT2D eigenvalue weighted by Crippen LogP contribution is 2.37. The average molecular weight is 417 g/mol. The van der Waals surface area contributed by atoms with Crippen LogP contribution in [0.1, 0.15) is 51.2 Å². The summed E-state index contributed by atoms with van der Waals surface area (Å²) >= 11 is 0. The molecule has 30 heavy (non-hydrogen) atoms. The van der Waals surface area contributed by atoms with Crippen molar-refractivity contribution in [1.82, 2.24) is 4.90 Å². The maximum absolute atomic E-state index is 13.2. The van der Waals surface area contributed by atoms with E-state index >= 15 is 0 Å². The lowest BCUT2D eigenvalue weighted by Gasteiger charge is -2.40. The van der Waals surface area contributed by atoms with E-state index in [9.17, 15) is 18.0 Å². The summed E-state index contributed by atoms with van der Waals surface area (Å²) in [5.74, 6) is 5.18. The van der Waals surface area contributed by atoms with Gasteiger partial charge in [-0.05, 0) is 38.4 Å². The van der Waals surface area contributed by atoms with Crippen LogP contribution >= 0.6 is 0 Å². The van der Waals surface area contributed by atoms with Gasteiger partial charge in [0.2, 0.25) is 0 Å². The van der Waals surface area contributed by atoms with Crippen LogP contribution < -0.4 is 0 Å². The van der Waals surface area contributed by atoms with Crippen molar-refractivity contribution in [2.75, 3.05) is 6.54 Å². The van der Waals surface area contributed by atoms with Crippen LogP contribution in [0.2, 0.25) is 0 Å². The van der Waals surface area contributed by atoms with Gasteiger partial charge in [0.25, 0.3) is 0 Å². The lowest BCUT2D eigenvalue weighted by atomic mass is 9.91. The number of nitrogens with zero attached hydrogens (tertiary/aromatic N) is 1. The summed E-state index contributed by atoms with van der Waals surface area (Å²) in [5.41, 5.74) is 0.428. The normalized spacial score (nSPS) is 25.8. The van der Waals surface area contributed by atoms with Gasteiger partial charge < -0.3 is 4.74 Å². The van der Waals surface area contributed by atoms with Crippen LogP contribution in [0.4, 0.5) is 13.2 Å². The second kappa shape index (κ2) is 9.09. The number of hydrogen-bond donors (Lipinski definition) is 0. The molecule has 0 N–H and O–H groups in total. The molecule has 6 heteroatoms. The van der Waals surface area contributed by atoms with Crippen LogP contribution in [0.25, 0.3) is 0 Å². The first kappa shape index (κ1) is 22.2. The molecule has 160 valence electrons. The lowest BCUT2D eigenvalue weighted by molar-refractivity contribution is -0.142. The Bertz CT molecular complexity index is 920. The molecule has 3 aliphatic heterocycles. The van der Waals surface area contributed by atoms with E-state index in [1.807, 2.05) is 26.8 Å². The predicted octanol–water partition coefficient (Wildman–Crippen LogP) is 5.12. The number of hydrogen-bond acceptors (Lipinski definition) is 3. The third kappa shape index (κ3) is 4.46. The first-order chi connectivity index (χ1) is 14.3. The summed E-state index contributed by atoms with van der Waals surface area (Å²) in [6.45, 7) is 6.95. The predicted molar refractivity (Wildman–Crippen MR) is 110 cm³/mol. The molecular formula is C24H26F3NO2. The van der Waals surface area contributed by atoms with Crippen molar-refractivity contribution in [3.63, 3.8) is 0 Å². The van der Waals surface area contributed by atoms with Crippen LogP contribution in [0.15, 0.2) is 47.6 Å². The monoisotopic (exact) mass is 417 g/mol. The second-order valence-electron chi connectivity index (χ2n) is 7.37. The van der Waals surface area contributed by atoms with E-state index in [0.29, 0.717) is 11.1 Å². The topological polar surface area (TPSA) is 29.5 Å². The van der Waals surface area contributed by atoms with Gasteiger partial charge in [-0.25, -0.2) is 4.79 Å². The minimum atomic E-state index is -4.47. The number of alkyl halides is 3. The minimum Gasteiger partial charge on any atom is -0.453 e. The molecule has 0 saturated carbocycles. The third-order valence-electron chi connectivity index (χ3n) is 5.57. The first-order valence-electron chi connectivity index (χ1n) is 10.4. The molecule has 0 spiro atoms. The van der Waals surface area contributed by atoms with Crippen LogP contribution in [0, 0.1) is 11.8 Å². The number of carbonyl (C=O) groups excluding carboxylic acids is 1. The van der Waals surface area contributed by atoms with Crippen molar-refractivity contribution in [1.29, 1.82) is 0 Å². The largest absolute Gasteiger partial charge is 0.453 e. The zero-order valence-electron chi connectivity index (χ0n) is 17.4. The molecule has 1 saturated heterocycles. The van der Waals surface area contributed by atoms with Gasteiger partial charge in [0.05, 0.1) is 11.6 Å². The molecular weight excluding hydrogens is 391 g/mol. The van der Waals surface area contributed by atoms with Gasteiger partial charge in [-0.1, -0.05) is 50.3 Å². The molecule has 0 amide bonds. The van der Waals surface area contributed by atoms with E-state index in [4.69, 9.17) is 4.74 Å². The Morgan fingerprint density at radius 1 is 1.13 bits per heavy atom. The van der Waals surface area contributed by atoms with E-state index in [0.717, 1.165) is 31.9 Å². The van der Waals surface area contributed by atoms with Crippen molar-refractivity contribution >= 4 is 5.97 Å². The van der Waals surface area contributed by atoms with Gasteiger partial charge in [-0.2, -0.15) is 13.2 Å². The molecule has 1 aromatic carbocycles. The number of fused-ring (bicyclic) bond motifs is 3. The molecule has 0 bridgehead atoms. The highest BCUT2D eigenvalue weighted by Gasteiger charge is 2.42. The number of rotatable bonds is 0. The minimum absolute atomic E-state index is 0.0673. The van der Waals surface area contributed by atoms with Gasteiger partial charge in [-0.3, -0.25) is 4.90 Å². The Morgan fingerprint density at radius 2 is 1.87 bits per heavy atom. The zero-order chi connectivity index (χ0) is 21.9. The smallest absolute Gasteiger partial charge is 0.417 e. The standard InChI is InChI=1S/C22H20F3NO2.C2H6/c1-14-12-16(10-9-15-6-2-3-7-18(15)22(23,24)25)17-13-20(27)28-21(17)19-8-4-5-11-26(14)19;1-2/h2-3,6-7,12-14,19,21H,4-5,8,11H2,1H3;1-2H3/t14-,19?,21?;/m0./s1. The molecule has 0 aromatic heterocycles. The number of esters is 1. The fourth-order valence-electron chi connectivity index (χ4n) is 4.28. The maximum atomic E-state index is 13.2. The first-order valence-corrected chi connectivity index (χ1v) is 10.4. The quantitative estimate of drug-likeness (QED) is 0.434. The lowest BCUT2D eigenvalue weighted by Crippen LogP contribution is -2.49. The van der Waals surface area contributed by atoms with Gasteiger partial charge >= 0.3 is 12.1 Å². The summed E-state index contributed by atoms with van der Waals surface area (Å²) in [7, 11) is 0. The highest BCUT2D eigenvalue weighted by molar-refractivity contribution is 5.88. The molecule has 1 aromatic rings. The Balaban J connectivity index is 0.00000124. The van der Waals surface area contributed by atoms with Gasteiger partial charge in [-0.15, -0.1) is 0 Å². The number of ether oxygens (including phenoxy) is 1. The molecule has 3 atom stereocenters. The number of halogens is 3. The molecule has 0 radical (unpaired) electrons. The van der Waals surface area contributed by atoms with Gasteiger partial charge in [0.15, 0.2) is 0 Å². The van der Waals surface area contributed by atoms with Gasteiger partial charge in [0.1, 0.15) is 6.10 Å². The van der Waals surface area contributed by atoms with Gasteiger partial charge in [0, 0.05) is 28.8 Å². The SMILES string of the molecule is CC.C[C@H]1C=C(C#Cc2ccccc2C(F)(F)F)C2=CC(=O)OC2C2CCCCN21. The second-order valence-corrected chi connectivity index (χ2v) is 7.37. The van der Waals surface area contributed by atoms with Crippen molar-refractivity contribution in [3.05, 3.63) is 58.7 Å². The average Bonchev–Trinajstić information content (AvgIpc) is 3.09. The van der Waals surface area contributed by atoms with E-state index in [2.05, 4.69) is 16.7 Å². The van der Waals surface area contributed by atoms with E-state index in [1.165, 1.54) is 24.3 Å². The molecule has 1 fully saturated rings. The maximum Gasteiger partial charge on any atom is 0.417 e. The Kier molecular flexibility index (Phi) is 6.72. The molecule has 0 aliphatic carbocycles. The molecule has 3 heterocycles. The molecule has 3 nitrogen and oxygen atoms in total. The van der Waals surface area contributed by atoms with E-state index in [-0.39, 0.29) is 17.6 Å².